The van der Waals surface area contributed by atoms with Gasteiger partial charge in [0.1, 0.15) is 5.76 Å². The summed E-state index contributed by atoms with van der Waals surface area (Å²) in [6.45, 7) is 1.79. The van der Waals surface area contributed by atoms with Gasteiger partial charge in [0.25, 0.3) is 0 Å². The molecule has 0 saturated heterocycles. The summed E-state index contributed by atoms with van der Waals surface area (Å²) in [6.07, 6.45) is 1.47. The minimum absolute atomic E-state index is 0.274. The SMILES string of the molecule is Cc1cc(Nc2nncc(Nc3cccc(Cl)c3Cl)n2)no1. The van der Waals surface area contributed by atoms with Crippen LogP contribution >= 0.6 is 23.2 Å². The molecule has 7 nitrogen and oxygen atoms in total. The first-order chi connectivity index (χ1) is 10.6. The maximum atomic E-state index is 6.12. The van der Waals surface area contributed by atoms with E-state index in [1.165, 1.54) is 6.20 Å². The Bertz CT molecular complexity index is 807. The fourth-order valence-electron chi connectivity index (χ4n) is 1.69. The molecule has 2 heterocycles. The zero-order valence-electron chi connectivity index (χ0n) is 11.3. The number of nitrogens with zero attached hydrogens (tertiary/aromatic N) is 4. The number of hydrogen-bond acceptors (Lipinski definition) is 7. The minimum atomic E-state index is 0.274. The quantitative estimate of drug-likeness (QED) is 0.745. The minimum Gasteiger partial charge on any atom is -0.360 e. The van der Waals surface area contributed by atoms with Crippen LogP contribution in [0, 0.1) is 6.92 Å². The molecule has 0 fully saturated rings. The van der Waals surface area contributed by atoms with Crippen molar-refractivity contribution < 1.29 is 4.52 Å². The molecule has 0 spiro atoms. The second-order valence-electron chi connectivity index (χ2n) is 4.34. The highest BCUT2D eigenvalue weighted by Crippen LogP contribution is 2.31. The number of hydrogen-bond donors (Lipinski definition) is 2. The van der Waals surface area contributed by atoms with Crippen LogP contribution < -0.4 is 10.6 Å². The Morgan fingerprint density at radius 3 is 2.77 bits per heavy atom. The zero-order valence-corrected chi connectivity index (χ0v) is 12.9. The molecule has 9 heteroatoms. The topological polar surface area (TPSA) is 88.8 Å². The van der Waals surface area contributed by atoms with E-state index in [2.05, 4.69) is 31.0 Å². The van der Waals surface area contributed by atoms with Gasteiger partial charge in [-0.25, -0.2) is 0 Å². The van der Waals surface area contributed by atoms with Crippen molar-refractivity contribution in [2.75, 3.05) is 10.6 Å². The molecule has 3 aromatic rings. The lowest BCUT2D eigenvalue weighted by Crippen LogP contribution is -2.02. The smallest absolute Gasteiger partial charge is 0.250 e. The summed E-state index contributed by atoms with van der Waals surface area (Å²) in [6, 6.07) is 6.98. The molecule has 0 aliphatic heterocycles. The van der Waals surface area contributed by atoms with Gasteiger partial charge in [-0.15, -0.1) is 5.10 Å². The first-order valence-electron chi connectivity index (χ1n) is 6.23. The van der Waals surface area contributed by atoms with E-state index in [9.17, 15) is 0 Å². The number of aromatic nitrogens is 4. The Kier molecular flexibility index (Phi) is 4.08. The van der Waals surface area contributed by atoms with Gasteiger partial charge in [0.15, 0.2) is 11.6 Å². The maximum Gasteiger partial charge on any atom is 0.250 e. The van der Waals surface area contributed by atoms with Gasteiger partial charge in [0.2, 0.25) is 5.95 Å². The Balaban J connectivity index is 1.80. The molecule has 0 unspecified atom stereocenters. The second-order valence-corrected chi connectivity index (χ2v) is 5.12. The van der Waals surface area contributed by atoms with Gasteiger partial charge in [-0.3, -0.25) is 0 Å². The average Bonchev–Trinajstić information content (AvgIpc) is 2.89. The van der Waals surface area contributed by atoms with Crippen LogP contribution in [0.1, 0.15) is 5.76 Å². The van der Waals surface area contributed by atoms with Crippen LogP contribution in [-0.2, 0) is 0 Å². The van der Waals surface area contributed by atoms with Gasteiger partial charge in [0, 0.05) is 6.07 Å². The fourth-order valence-corrected chi connectivity index (χ4v) is 2.04. The van der Waals surface area contributed by atoms with Crippen LogP contribution in [0.25, 0.3) is 0 Å². The van der Waals surface area contributed by atoms with E-state index in [0.717, 1.165) is 0 Å². The molecule has 3 rings (SSSR count). The monoisotopic (exact) mass is 336 g/mol. The van der Waals surface area contributed by atoms with Gasteiger partial charge < -0.3 is 15.2 Å². The first kappa shape index (κ1) is 14.6. The van der Waals surface area contributed by atoms with Crippen LogP contribution in [0.2, 0.25) is 10.0 Å². The standard InChI is InChI=1S/C13H10Cl2N6O/c1-7-5-10(21-22-7)18-13-19-11(6-16-20-13)17-9-4-2-3-8(14)12(9)15/h2-6H,1H3,(H2,17,18,19,20,21). The van der Waals surface area contributed by atoms with Crippen molar-refractivity contribution in [2.45, 2.75) is 6.92 Å². The van der Waals surface area contributed by atoms with Crippen molar-refractivity contribution in [1.29, 1.82) is 0 Å². The van der Waals surface area contributed by atoms with E-state index in [1.54, 1.807) is 31.2 Å². The summed E-state index contributed by atoms with van der Waals surface area (Å²) < 4.78 is 4.96. The van der Waals surface area contributed by atoms with Crippen LogP contribution in [0.3, 0.4) is 0 Å². The highest BCUT2D eigenvalue weighted by atomic mass is 35.5. The molecule has 0 aliphatic rings. The molecule has 0 saturated carbocycles. The molecule has 0 atom stereocenters. The molecule has 0 amide bonds. The molecular formula is C13H10Cl2N6O. The summed E-state index contributed by atoms with van der Waals surface area (Å²) in [7, 11) is 0. The van der Waals surface area contributed by atoms with Crippen molar-refractivity contribution in [1.82, 2.24) is 20.3 Å². The summed E-state index contributed by atoms with van der Waals surface area (Å²) in [5, 5.41) is 18.3. The number of aryl methyl sites for hydroxylation is 1. The molecule has 0 bridgehead atoms. The van der Waals surface area contributed by atoms with Crippen LogP contribution in [0.5, 0.6) is 0 Å². The third-order valence-electron chi connectivity index (χ3n) is 2.64. The largest absolute Gasteiger partial charge is 0.360 e. The maximum absolute atomic E-state index is 6.12. The van der Waals surface area contributed by atoms with Gasteiger partial charge in [-0.1, -0.05) is 34.4 Å². The Morgan fingerprint density at radius 1 is 1.14 bits per heavy atom. The van der Waals surface area contributed by atoms with Gasteiger partial charge in [0.05, 0.1) is 21.9 Å². The first-order valence-corrected chi connectivity index (χ1v) is 6.98. The van der Waals surface area contributed by atoms with Crippen molar-refractivity contribution in [3.8, 4) is 0 Å². The summed E-state index contributed by atoms with van der Waals surface area (Å²) in [5.74, 6) is 1.91. The van der Waals surface area contributed by atoms with E-state index in [4.69, 9.17) is 27.7 Å². The molecule has 2 aromatic heterocycles. The van der Waals surface area contributed by atoms with Crippen molar-refractivity contribution in [3.63, 3.8) is 0 Å². The third-order valence-corrected chi connectivity index (χ3v) is 3.46. The number of rotatable bonds is 4. The molecule has 1 aromatic carbocycles. The lowest BCUT2D eigenvalue weighted by molar-refractivity contribution is 0.400. The lowest BCUT2D eigenvalue weighted by Gasteiger charge is -2.08. The Hall–Kier alpha value is -2.38. The molecule has 22 heavy (non-hydrogen) atoms. The van der Waals surface area contributed by atoms with Crippen molar-refractivity contribution in [3.05, 3.63) is 46.3 Å². The van der Waals surface area contributed by atoms with E-state index < -0.39 is 0 Å². The average molecular weight is 337 g/mol. The molecule has 0 radical (unpaired) electrons. The second kappa shape index (κ2) is 6.17. The highest BCUT2D eigenvalue weighted by Gasteiger charge is 2.08. The molecule has 0 aliphatic carbocycles. The van der Waals surface area contributed by atoms with E-state index in [0.29, 0.717) is 33.1 Å². The molecule has 2 N–H and O–H groups in total. The van der Waals surface area contributed by atoms with Crippen LogP contribution in [0.15, 0.2) is 35.0 Å². The zero-order chi connectivity index (χ0) is 15.5. The van der Waals surface area contributed by atoms with E-state index in [1.807, 2.05) is 0 Å². The fraction of sp³-hybridized carbons (Fsp3) is 0.0769. The van der Waals surface area contributed by atoms with E-state index in [-0.39, 0.29) is 5.95 Å². The Labute approximate surface area is 135 Å². The molecular weight excluding hydrogens is 327 g/mol. The van der Waals surface area contributed by atoms with E-state index >= 15 is 0 Å². The number of benzene rings is 1. The number of anilines is 4. The number of nitrogens with one attached hydrogen (secondary N) is 2. The summed E-state index contributed by atoms with van der Waals surface area (Å²) in [5.41, 5.74) is 0.623. The van der Waals surface area contributed by atoms with Crippen molar-refractivity contribution >= 4 is 46.5 Å². The van der Waals surface area contributed by atoms with Crippen LogP contribution in [0.4, 0.5) is 23.3 Å². The molecule has 112 valence electrons. The normalized spacial score (nSPS) is 10.5. The van der Waals surface area contributed by atoms with Gasteiger partial charge >= 0.3 is 0 Å². The lowest BCUT2D eigenvalue weighted by atomic mass is 10.3. The summed E-state index contributed by atoms with van der Waals surface area (Å²) in [4.78, 5) is 4.26. The van der Waals surface area contributed by atoms with Gasteiger partial charge in [-0.05, 0) is 19.1 Å². The third kappa shape index (κ3) is 3.26. The summed E-state index contributed by atoms with van der Waals surface area (Å²) >= 11 is 12.1. The predicted octanol–water partition coefficient (Wildman–Crippen LogP) is 3.96. The highest BCUT2D eigenvalue weighted by molar-refractivity contribution is 6.43. The van der Waals surface area contributed by atoms with Crippen LogP contribution in [-0.4, -0.2) is 20.3 Å². The van der Waals surface area contributed by atoms with Crippen molar-refractivity contribution in [2.24, 2.45) is 0 Å². The number of halogens is 2. The Morgan fingerprint density at radius 2 is 2.00 bits per heavy atom. The predicted molar refractivity (Wildman–Crippen MR) is 84.1 cm³/mol. The van der Waals surface area contributed by atoms with Gasteiger partial charge in [-0.2, -0.15) is 10.1 Å².